The smallest absolute Gasteiger partial charge is 0.176 e. The van der Waals surface area contributed by atoms with Gasteiger partial charge in [-0.1, -0.05) is 231 Å². The third-order valence-electron chi connectivity index (χ3n) is 17.6. The van der Waals surface area contributed by atoms with Crippen molar-refractivity contribution < 1.29 is 0 Å². The predicted octanol–water partition coefficient (Wildman–Crippen LogP) is 18.6. The molecule has 386 valence electrons. The summed E-state index contributed by atoms with van der Waals surface area (Å²) >= 11 is 0. The minimum atomic E-state index is -1.17. The number of nitrogens with zero attached hydrogens (tertiary/aromatic N) is 7. The first-order valence-electron chi connectivity index (χ1n) is 28.4. The van der Waals surface area contributed by atoms with Crippen LogP contribution in [-0.2, 0) is 5.66 Å². The molecule has 0 bridgehead atoms. The highest BCUT2D eigenvalue weighted by Gasteiger charge is 2.50. The topological polar surface area (TPSA) is 58.4 Å². The number of aromatic nitrogens is 7. The van der Waals surface area contributed by atoms with E-state index in [4.69, 9.17) is 15.0 Å². The van der Waals surface area contributed by atoms with Crippen LogP contribution in [0.15, 0.2) is 285 Å². The summed E-state index contributed by atoms with van der Waals surface area (Å²) in [6.45, 7) is 0. The van der Waals surface area contributed by atoms with Crippen LogP contribution >= 0.6 is 0 Å². The Bertz CT molecular complexity index is 5210. The molecule has 0 fully saturated rings. The maximum Gasteiger partial charge on any atom is 0.176 e. The van der Waals surface area contributed by atoms with Crippen LogP contribution in [0.25, 0.3) is 144 Å². The van der Waals surface area contributed by atoms with Crippen molar-refractivity contribution in [3.8, 4) is 56.7 Å². The van der Waals surface area contributed by atoms with Gasteiger partial charge in [-0.15, -0.1) is 0 Å². The van der Waals surface area contributed by atoms with Gasteiger partial charge in [-0.25, -0.2) is 15.0 Å². The van der Waals surface area contributed by atoms with E-state index in [0.717, 1.165) is 116 Å². The van der Waals surface area contributed by atoms with Crippen molar-refractivity contribution in [2.75, 3.05) is 0 Å². The zero-order chi connectivity index (χ0) is 54.3. The molecule has 0 atom stereocenters. The molecule has 17 aromatic rings. The summed E-state index contributed by atoms with van der Waals surface area (Å²) in [7, 11) is 0. The van der Waals surface area contributed by atoms with Crippen molar-refractivity contribution in [2.24, 2.45) is 0 Å². The van der Waals surface area contributed by atoms with E-state index in [1.165, 1.54) is 21.5 Å². The van der Waals surface area contributed by atoms with Crippen LogP contribution in [0.3, 0.4) is 0 Å². The first-order chi connectivity index (χ1) is 41.2. The van der Waals surface area contributed by atoms with Crippen LogP contribution in [-0.4, -0.2) is 33.2 Å². The monoisotopic (exact) mass is 1060 g/mol. The van der Waals surface area contributed by atoms with Crippen molar-refractivity contribution in [1.29, 1.82) is 0 Å². The highest BCUT2D eigenvalue weighted by Crippen LogP contribution is 2.58. The lowest BCUT2D eigenvalue weighted by molar-refractivity contribution is 0.416. The van der Waals surface area contributed by atoms with Gasteiger partial charge in [-0.2, -0.15) is 0 Å². The van der Waals surface area contributed by atoms with Crippen molar-refractivity contribution in [1.82, 2.24) is 33.2 Å². The van der Waals surface area contributed by atoms with Crippen LogP contribution < -0.4 is 0 Å². The zero-order valence-electron chi connectivity index (χ0n) is 44.8. The molecule has 0 amide bonds. The summed E-state index contributed by atoms with van der Waals surface area (Å²) in [6.07, 6.45) is 0. The molecule has 5 heterocycles. The standard InChI is InChI=1S/C76H47N7/c1-5-23-48(24-6-1)73-77-74(49-25-7-2-8-26-49)79-75(78-73)50-41-42-54-53-31-13-18-36-63(53)76(64(54)47-50,82-67-39-21-16-34-57(67)61-45-43-59-55-32-14-19-37-65(55)80(69(59)71(61)82)51-27-9-3-10-28-51)83-68-40-22-17-35-58(68)62-46-44-60-56-33-15-20-38-66(56)81(70(60)72(62)83)52-29-11-4-12-30-52/h1-47H. The van der Waals surface area contributed by atoms with Gasteiger partial charge < -0.3 is 18.3 Å². The van der Waals surface area contributed by atoms with Gasteiger partial charge in [0.2, 0.25) is 0 Å². The summed E-state index contributed by atoms with van der Waals surface area (Å²) in [5.41, 5.74) is 17.3. The van der Waals surface area contributed by atoms with E-state index in [1.54, 1.807) is 0 Å². The molecule has 0 radical (unpaired) electrons. The van der Waals surface area contributed by atoms with Crippen LogP contribution in [0.5, 0.6) is 0 Å². The highest BCUT2D eigenvalue weighted by atomic mass is 15.3. The average molecular weight is 1060 g/mol. The molecule has 0 unspecified atom stereocenters. The van der Waals surface area contributed by atoms with Crippen molar-refractivity contribution in [3.63, 3.8) is 0 Å². The summed E-state index contributed by atoms with van der Waals surface area (Å²) in [6, 6.07) is 104. The Hall–Kier alpha value is -11.2. The van der Waals surface area contributed by atoms with Gasteiger partial charge in [-0.05, 0) is 65.7 Å². The Kier molecular flexibility index (Phi) is 9.59. The summed E-state index contributed by atoms with van der Waals surface area (Å²) in [5, 5.41) is 9.40. The first-order valence-corrected chi connectivity index (χ1v) is 28.4. The van der Waals surface area contributed by atoms with Gasteiger partial charge in [0.1, 0.15) is 0 Å². The van der Waals surface area contributed by atoms with Gasteiger partial charge in [0.15, 0.2) is 23.1 Å². The Balaban J connectivity index is 1.10. The molecular formula is C76H47N7. The second-order valence-corrected chi connectivity index (χ2v) is 21.8. The summed E-state index contributed by atoms with van der Waals surface area (Å²) < 4.78 is 10.5. The van der Waals surface area contributed by atoms with E-state index < -0.39 is 5.66 Å². The number of benzene rings is 12. The van der Waals surface area contributed by atoms with Gasteiger partial charge in [0, 0.05) is 82.3 Å². The van der Waals surface area contributed by atoms with Crippen molar-refractivity contribution in [3.05, 3.63) is 296 Å². The molecule has 1 aliphatic rings. The van der Waals surface area contributed by atoms with Gasteiger partial charge in [-0.3, -0.25) is 0 Å². The van der Waals surface area contributed by atoms with E-state index in [9.17, 15) is 0 Å². The Labute approximate surface area is 476 Å². The molecule has 83 heavy (non-hydrogen) atoms. The lowest BCUT2D eigenvalue weighted by atomic mass is 9.92. The molecule has 1 aliphatic carbocycles. The van der Waals surface area contributed by atoms with E-state index >= 15 is 0 Å². The van der Waals surface area contributed by atoms with Crippen molar-refractivity contribution in [2.45, 2.75) is 5.66 Å². The number of fused-ring (bicyclic) bond motifs is 17. The van der Waals surface area contributed by atoms with Gasteiger partial charge in [0.25, 0.3) is 0 Å². The van der Waals surface area contributed by atoms with E-state index in [-0.39, 0.29) is 0 Å². The maximum atomic E-state index is 5.43. The molecule has 12 aromatic carbocycles. The molecular weight excluding hydrogens is 1010 g/mol. The number of para-hydroxylation sites is 6. The minimum Gasteiger partial charge on any atom is -0.307 e. The first kappa shape index (κ1) is 45.7. The number of rotatable bonds is 7. The third-order valence-corrected chi connectivity index (χ3v) is 17.6. The molecule has 0 spiro atoms. The second-order valence-electron chi connectivity index (χ2n) is 21.8. The van der Waals surface area contributed by atoms with Crippen LogP contribution in [0.4, 0.5) is 0 Å². The fourth-order valence-corrected chi connectivity index (χ4v) is 14.3. The fourth-order valence-electron chi connectivity index (χ4n) is 14.3. The predicted molar refractivity (Wildman–Crippen MR) is 341 cm³/mol. The molecule has 0 saturated carbocycles. The lowest BCUT2D eigenvalue weighted by Crippen LogP contribution is -2.42. The van der Waals surface area contributed by atoms with Gasteiger partial charge >= 0.3 is 0 Å². The molecule has 0 aliphatic heterocycles. The third kappa shape index (κ3) is 6.30. The Morgan fingerprint density at radius 1 is 0.241 bits per heavy atom. The Morgan fingerprint density at radius 3 is 1.06 bits per heavy atom. The Morgan fingerprint density at radius 2 is 0.590 bits per heavy atom. The molecule has 0 N–H and O–H groups in total. The maximum absolute atomic E-state index is 5.43. The number of hydrogen-bond donors (Lipinski definition) is 0. The molecule has 5 aromatic heterocycles. The van der Waals surface area contributed by atoms with E-state index in [0.29, 0.717) is 17.5 Å². The number of hydrogen-bond acceptors (Lipinski definition) is 3. The molecule has 18 rings (SSSR count). The summed E-state index contributed by atoms with van der Waals surface area (Å²) in [5.74, 6) is 1.82. The molecule has 7 heteroatoms. The minimum absolute atomic E-state index is 0.591. The quantitative estimate of drug-likeness (QED) is 0.160. The van der Waals surface area contributed by atoms with Crippen molar-refractivity contribution >= 4 is 87.2 Å². The van der Waals surface area contributed by atoms with Crippen LogP contribution in [0.2, 0.25) is 0 Å². The highest BCUT2D eigenvalue weighted by molar-refractivity contribution is 6.26. The molecule has 0 saturated heterocycles. The molecule has 7 nitrogen and oxygen atoms in total. The fraction of sp³-hybridized carbons (Fsp3) is 0.0132. The largest absolute Gasteiger partial charge is 0.307 e. The lowest BCUT2D eigenvalue weighted by Gasteiger charge is -2.39. The van der Waals surface area contributed by atoms with Crippen LogP contribution in [0, 0.1) is 0 Å². The summed E-state index contributed by atoms with van der Waals surface area (Å²) in [4.78, 5) is 16.0. The zero-order valence-corrected chi connectivity index (χ0v) is 44.8. The second kappa shape index (κ2) is 17.4. The average Bonchev–Trinajstić information content (AvgIpc) is 4.36. The van der Waals surface area contributed by atoms with Crippen LogP contribution in [0.1, 0.15) is 11.1 Å². The van der Waals surface area contributed by atoms with Gasteiger partial charge in [0.05, 0.1) is 44.1 Å². The van der Waals surface area contributed by atoms with E-state index in [1.807, 2.05) is 36.4 Å². The normalized spacial score (nSPS) is 12.9. The SMILES string of the molecule is c1ccc(-c2nc(-c3ccccc3)nc(-c3ccc4c(c3)C(n3c5ccccc5c5ccc6c7ccccc7n(-c7ccccc7)c6c53)(n3c5ccccc5c5ccc6c7ccccc7n(-c7ccccc7)c6c53)c3ccccc3-4)n2)cc1. The van der Waals surface area contributed by atoms with E-state index in [2.05, 4.69) is 267 Å².